The molecule has 0 saturated carbocycles. The van der Waals surface area contributed by atoms with E-state index in [2.05, 4.69) is 17.2 Å². The van der Waals surface area contributed by atoms with Gasteiger partial charge in [-0.25, -0.2) is 0 Å². The SMILES string of the molecule is CC1(CNC(=O)c2ccc3ncccc3c2)CCOCC1. The highest BCUT2D eigenvalue weighted by molar-refractivity contribution is 5.97. The van der Waals surface area contributed by atoms with Gasteiger partial charge in [-0.15, -0.1) is 0 Å². The lowest BCUT2D eigenvalue weighted by atomic mass is 9.82. The Morgan fingerprint density at radius 2 is 2.14 bits per heavy atom. The minimum Gasteiger partial charge on any atom is -0.381 e. The van der Waals surface area contributed by atoms with Gasteiger partial charge in [0.1, 0.15) is 0 Å². The first kappa shape index (κ1) is 14.0. The molecule has 1 aromatic carbocycles. The maximum Gasteiger partial charge on any atom is 0.251 e. The molecule has 1 fully saturated rings. The maximum atomic E-state index is 12.3. The summed E-state index contributed by atoms with van der Waals surface area (Å²) in [6.45, 7) is 4.47. The third-order valence-corrected chi connectivity index (χ3v) is 4.24. The Hall–Kier alpha value is -1.94. The molecule has 0 radical (unpaired) electrons. The highest BCUT2D eigenvalue weighted by Crippen LogP contribution is 2.28. The van der Waals surface area contributed by atoms with Gasteiger partial charge < -0.3 is 10.1 Å². The second-order valence-corrected chi connectivity index (χ2v) is 6.02. The van der Waals surface area contributed by atoms with E-state index in [1.165, 1.54) is 0 Å². The van der Waals surface area contributed by atoms with E-state index in [0.717, 1.165) is 37.0 Å². The van der Waals surface area contributed by atoms with Crippen LogP contribution >= 0.6 is 0 Å². The summed E-state index contributed by atoms with van der Waals surface area (Å²) in [4.78, 5) is 16.6. The van der Waals surface area contributed by atoms with Crippen molar-refractivity contribution in [2.45, 2.75) is 19.8 Å². The number of amides is 1. The van der Waals surface area contributed by atoms with Crippen molar-refractivity contribution in [1.29, 1.82) is 0 Å². The van der Waals surface area contributed by atoms with Crippen LogP contribution in [0.4, 0.5) is 0 Å². The van der Waals surface area contributed by atoms with Gasteiger partial charge in [-0.3, -0.25) is 9.78 Å². The van der Waals surface area contributed by atoms with Crippen molar-refractivity contribution in [2.75, 3.05) is 19.8 Å². The van der Waals surface area contributed by atoms with Crippen LogP contribution < -0.4 is 5.32 Å². The van der Waals surface area contributed by atoms with Gasteiger partial charge in [-0.05, 0) is 42.5 Å². The summed E-state index contributed by atoms with van der Waals surface area (Å²) < 4.78 is 5.38. The summed E-state index contributed by atoms with van der Waals surface area (Å²) in [6, 6.07) is 9.47. The molecule has 21 heavy (non-hydrogen) atoms. The molecule has 0 aliphatic carbocycles. The monoisotopic (exact) mass is 284 g/mol. The Labute approximate surface area is 124 Å². The molecule has 2 heterocycles. The number of hydrogen-bond acceptors (Lipinski definition) is 3. The first-order valence-electron chi connectivity index (χ1n) is 7.37. The second kappa shape index (κ2) is 5.82. The first-order chi connectivity index (χ1) is 10.2. The molecule has 2 aromatic rings. The molecule has 1 aliphatic rings. The largest absolute Gasteiger partial charge is 0.381 e. The van der Waals surface area contributed by atoms with Crippen molar-refractivity contribution in [3.05, 3.63) is 42.1 Å². The molecular formula is C17H20N2O2. The number of hydrogen-bond donors (Lipinski definition) is 1. The Morgan fingerprint density at radius 3 is 2.95 bits per heavy atom. The Bertz CT molecular complexity index is 648. The van der Waals surface area contributed by atoms with Crippen molar-refractivity contribution >= 4 is 16.8 Å². The fraction of sp³-hybridized carbons (Fsp3) is 0.412. The number of ether oxygens (including phenoxy) is 1. The number of carbonyl (C=O) groups is 1. The van der Waals surface area contributed by atoms with Crippen molar-refractivity contribution < 1.29 is 9.53 Å². The lowest BCUT2D eigenvalue weighted by Crippen LogP contribution is -2.39. The molecule has 110 valence electrons. The summed E-state index contributed by atoms with van der Waals surface area (Å²) in [7, 11) is 0. The van der Waals surface area contributed by atoms with Gasteiger partial charge in [0, 0.05) is 36.9 Å². The topological polar surface area (TPSA) is 51.2 Å². The number of carbonyl (C=O) groups excluding carboxylic acids is 1. The summed E-state index contributed by atoms with van der Waals surface area (Å²) in [5.41, 5.74) is 1.74. The van der Waals surface area contributed by atoms with Crippen LogP contribution in [0.1, 0.15) is 30.1 Å². The van der Waals surface area contributed by atoms with E-state index in [9.17, 15) is 4.79 Å². The molecule has 1 N–H and O–H groups in total. The van der Waals surface area contributed by atoms with Crippen LogP contribution in [0.5, 0.6) is 0 Å². The van der Waals surface area contributed by atoms with Gasteiger partial charge in [0.05, 0.1) is 5.52 Å². The van der Waals surface area contributed by atoms with Crippen molar-refractivity contribution in [3.8, 4) is 0 Å². The van der Waals surface area contributed by atoms with Crippen molar-refractivity contribution in [3.63, 3.8) is 0 Å². The van der Waals surface area contributed by atoms with E-state index in [4.69, 9.17) is 4.74 Å². The van der Waals surface area contributed by atoms with E-state index in [0.29, 0.717) is 12.1 Å². The van der Waals surface area contributed by atoms with Crippen LogP contribution in [-0.2, 0) is 4.74 Å². The number of pyridine rings is 1. The van der Waals surface area contributed by atoms with Crippen LogP contribution in [0.25, 0.3) is 10.9 Å². The summed E-state index contributed by atoms with van der Waals surface area (Å²) >= 11 is 0. The van der Waals surface area contributed by atoms with Gasteiger partial charge in [-0.2, -0.15) is 0 Å². The van der Waals surface area contributed by atoms with Crippen molar-refractivity contribution in [1.82, 2.24) is 10.3 Å². The first-order valence-corrected chi connectivity index (χ1v) is 7.37. The smallest absolute Gasteiger partial charge is 0.251 e. The molecule has 0 atom stereocenters. The molecule has 4 heteroatoms. The second-order valence-electron chi connectivity index (χ2n) is 6.02. The summed E-state index contributed by atoms with van der Waals surface area (Å²) in [5, 5.41) is 4.05. The molecule has 0 spiro atoms. The Balaban J connectivity index is 1.69. The summed E-state index contributed by atoms with van der Waals surface area (Å²) in [5.74, 6) is -0.0199. The third kappa shape index (κ3) is 3.22. The molecule has 4 nitrogen and oxygen atoms in total. The molecule has 0 bridgehead atoms. The minimum atomic E-state index is -0.0199. The average Bonchev–Trinajstić information content (AvgIpc) is 2.53. The van der Waals surface area contributed by atoms with Gasteiger partial charge in [0.2, 0.25) is 0 Å². The zero-order valence-electron chi connectivity index (χ0n) is 12.3. The van der Waals surface area contributed by atoms with Gasteiger partial charge in [-0.1, -0.05) is 13.0 Å². The van der Waals surface area contributed by atoms with Crippen LogP contribution in [0.15, 0.2) is 36.5 Å². The summed E-state index contributed by atoms with van der Waals surface area (Å²) in [6.07, 6.45) is 3.75. The van der Waals surface area contributed by atoms with Gasteiger partial charge in [0.15, 0.2) is 0 Å². The average molecular weight is 284 g/mol. The maximum absolute atomic E-state index is 12.3. The predicted octanol–water partition coefficient (Wildman–Crippen LogP) is 2.78. The Kier molecular flexibility index (Phi) is 3.88. The normalized spacial score (nSPS) is 17.6. The molecule has 1 amide bonds. The van der Waals surface area contributed by atoms with E-state index in [1.54, 1.807) is 6.20 Å². The zero-order chi connectivity index (χ0) is 14.7. The Morgan fingerprint density at radius 1 is 1.33 bits per heavy atom. The number of rotatable bonds is 3. The third-order valence-electron chi connectivity index (χ3n) is 4.24. The highest BCUT2D eigenvalue weighted by atomic mass is 16.5. The van der Waals surface area contributed by atoms with Crippen LogP contribution in [0.2, 0.25) is 0 Å². The van der Waals surface area contributed by atoms with Gasteiger partial charge >= 0.3 is 0 Å². The molecule has 1 aromatic heterocycles. The molecule has 0 unspecified atom stereocenters. The fourth-order valence-corrected chi connectivity index (χ4v) is 2.65. The van der Waals surface area contributed by atoms with Crippen molar-refractivity contribution in [2.24, 2.45) is 5.41 Å². The van der Waals surface area contributed by atoms with E-state index in [1.807, 2.05) is 30.3 Å². The number of fused-ring (bicyclic) bond motifs is 1. The number of aromatic nitrogens is 1. The highest BCUT2D eigenvalue weighted by Gasteiger charge is 2.27. The molecular weight excluding hydrogens is 264 g/mol. The predicted molar refractivity (Wildman–Crippen MR) is 82.2 cm³/mol. The molecule has 1 saturated heterocycles. The standard InChI is InChI=1S/C17H20N2O2/c1-17(6-9-21-10-7-17)12-19-16(20)14-4-5-15-13(11-14)3-2-8-18-15/h2-5,8,11H,6-7,9-10,12H2,1H3,(H,19,20). The van der Waals surface area contributed by atoms with Gasteiger partial charge in [0.25, 0.3) is 5.91 Å². The number of nitrogens with zero attached hydrogens (tertiary/aromatic N) is 1. The molecule has 1 aliphatic heterocycles. The number of benzene rings is 1. The molecule has 3 rings (SSSR count). The zero-order valence-corrected chi connectivity index (χ0v) is 12.3. The van der Waals surface area contributed by atoms with Crippen LogP contribution in [-0.4, -0.2) is 30.6 Å². The lowest BCUT2D eigenvalue weighted by molar-refractivity contribution is 0.0238. The van der Waals surface area contributed by atoms with E-state index < -0.39 is 0 Å². The fourth-order valence-electron chi connectivity index (χ4n) is 2.65. The van der Waals surface area contributed by atoms with Crippen LogP contribution in [0, 0.1) is 5.41 Å². The quantitative estimate of drug-likeness (QED) is 0.943. The lowest BCUT2D eigenvalue weighted by Gasteiger charge is -2.33. The van der Waals surface area contributed by atoms with Crippen LogP contribution in [0.3, 0.4) is 0 Å². The van der Waals surface area contributed by atoms with E-state index in [-0.39, 0.29) is 11.3 Å². The number of nitrogens with one attached hydrogen (secondary N) is 1. The van der Waals surface area contributed by atoms with E-state index >= 15 is 0 Å². The minimum absolute atomic E-state index is 0.0199.